The van der Waals surface area contributed by atoms with Gasteiger partial charge in [0.05, 0.1) is 13.1 Å². The molecule has 9 nitrogen and oxygen atoms in total. The topological polar surface area (TPSA) is 91.1 Å². The first kappa shape index (κ1) is 16.5. The van der Waals surface area contributed by atoms with E-state index in [2.05, 4.69) is 10.1 Å². The van der Waals surface area contributed by atoms with Gasteiger partial charge < -0.3 is 14.7 Å². The molecule has 0 aliphatic carbocycles. The lowest BCUT2D eigenvalue weighted by Gasteiger charge is -2.45. The van der Waals surface area contributed by atoms with E-state index in [9.17, 15) is 14.4 Å². The minimum atomic E-state index is -0.613. The number of piperazine rings is 2. The van der Waals surface area contributed by atoms with E-state index in [1.165, 1.54) is 4.90 Å². The third kappa shape index (κ3) is 2.51. The van der Waals surface area contributed by atoms with Crippen LogP contribution in [-0.4, -0.2) is 86.3 Å². The lowest BCUT2D eigenvalue weighted by atomic mass is 10.1. The third-order valence-electron chi connectivity index (χ3n) is 4.97. The summed E-state index contributed by atoms with van der Waals surface area (Å²) >= 11 is 0. The fourth-order valence-electron chi connectivity index (χ4n) is 3.66. The molecule has 2 aromatic heterocycles. The largest absolute Gasteiger partial charge is 0.335 e. The predicted octanol–water partition coefficient (Wildman–Crippen LogP) is -0.529. The Labute approximate surface area is 150 Å². The molecule has 0 unspecified atom stereocenters. The van der Waals surface area contributed by atoms with E-state index in [0.717, 1.165) is 11.4 Å². The Bertz CT molecular complexity index is 936. The molecule has 0 spiro atoms. The predicted molar refractivity (Wildman–Crippen MR) is 91.5 cm³/mol. The first-order valence-electron chi connectivity index (χ1n) is 8.53. The molecule has 0 aromatic carbocycles. The average Bonchev–Trinajstić information content (AvgIpc) is 3.03. The zero-order valence-corrected chi connectivity index (χ0v) is 15.0. The quantitative estimate of drug-likeness (QED) is 0.685. The maximum atomic E-state index is 12.9. The van der Waals surface area contributed by atoms with Gasteiger partial charge in [0.25, 0.3) is 5.91 Å². The molecule has 1 atom stereocenters. The number of likely N-dealkylation sites (N-methyl/N-ethyl adjacent to an activating group) is 1. The van der Waals surface area contributed by atoms with Crippen molar-refractivity contribution in [3.63, 3.8) is 0 Å². The molecule has 2 fully saturated rings. The second kappa shape index (κ2) is 5.79. The van der Waals surface area contributed by atoms with E-state index >= 15 is 0 Å². The zero-order valence-electron chi connectivity index (χ0n) is 15.0. The monoisotopic (exact) mass is 356 g/mol. The van der Waals surface area contributed by atoms with Crippen LogP contribution in [0.4, 0.5) is 0 Å². The van der Waals surface area contributed by atoms with E-state index in [1.54, 1.807) is 27.4 Å². The molecular weight excluding hydrogens is 336 g/mol. The van der Waals surface area contributed by atoms with Crippen LogP contribution in [0.15, 0.2) is 12.1 Å². The van der Waals surface area contributed by atoms with Crippen LogP contribution in [0.2, 0.25) is 0 Å². The van der Waals surface area contributed by atoms with Crippen LogP contribution < -0.4 is 0 Å². The van der Waals surface area contributed by atoms with Crippen molar-refractivity contribution in [2.24, 2.45) is 0 Å². The normalized spacial score (nSPS) is 20.7. The van der Waals surface area contributed by atoms with E-state index in [0.29, 0.717) is 24.4 Å². The van der Waals surface area contributed by atoms with Crippen molar-refractivity contribution in [1.82, 2.24) is 29.3 Å². The van der Waals surface area contributed by atoms with Crippen LogP contribution in [-0.2, 0) is 9.59 Å². The van der Waals surface area contributed by atoms with Crippen molar-refractivity contribution in [2.45, 2.75) is 19.9 Å². The van der Waals surface area contributed by atoms with Gasteiger partial charge in [-0.3, -0.25) is 14.4 Å². The van der Waals surface area contributed by atoms with E-state index in [-0.39, 0.29) is 30.8 Å². The molecule has 2 aromatic rings. The van der Waals surface area contributed by atoms with Crippen LogP contribution in [0.25, 0.3) is 5.65 Å². The molecule has 2 saturated heterocycles. The number of nitrogens with zero attached hydrogens (tertiary/aromatic N) is 6. The molecule has 4 heterocycles. The van der Waals surface area contributed by atoms with Gasteiger partial charge in [-0.25, -0.2) is 9.50 Å². The van der Waals surface area contributed by atoms with Crippen molar-refractivity contribution in [3.8, 4) is 0 Å². The summed E-state index contributed by atoms with van der Waals surface area (Å²) in [7, 11) is 1.61. The van der Waals surface area contributed by atoms with Crippen LogP contribution >= 0.6 is 0 Å². The molecule has 0 bridgehead atoms. The van der Waals surface area contributed by atoms with Crippen molar-refractivity contribution >= 4 is 23.4 Å². The highest BCUT2D eigenvalue weighted by molar-refractivity contribution is 5.97. The maximum Gasteiger partial charge on any atom is 0.274 e. The minimum Gasteiger partial charge on any atom is -0.335 e. The van der Waals surface area contributed by atoms with E-state index < -0.39 is 6.04 Å². The summed E-state index contributed by atoms with van der Waals surface area (Å²) in [5, 5.41) is 4.37. The van der Waals surface area contributed by atoms with E-state index in [4.69, 9.17) is 0 Å². The van der Waals surface area contributed by atoms with Gasteiger partial charge in [-0.2, -0.15) is 5.10 Å². The summed E-state index contributed by atoms with van der Waals surface area (Å²) in [6.45, 7) is 4.83. The fourth-order valence-corrected chi connectivity index (χ4v) is 3.66. The Balaban J connectivity index is 1.60. The number of aromatic nitrogens is 3. The van der Waals surface area contributed by atoms with Crippen molar-refractivity contribution in [3.05, 3.63) is 29.2 Å². The van der Waals surface area contributed by atoms with Gasteiger partial charge in [-0.1, -0.05) is 0 Å². The van der Waals surface area contributed by atoms with Crippen LogP contribution in [0, 0.1) is 13.8 Å². The number of rotatable bonds is 1. The van der Waals surface area contributed by atoms with E-state index in [1.807, 2.05) is 19.9 Å². The van der Waals surface area contributed by atoms with Gasteiger partial charge in [-0.05, 0) is 19.9 Å². The fraction of sp³-hybridized carbons (Fsp3) is 0.471. The minimum absolute atomic E-state index is 0.0766. The SMILES string of the molecule is Cc1cc(C)n2nc(C(=O)N3CCN4C(=O)CN(C)C(=O)[C@@H]4C3)cc2n1. The van der Waals surface area contributed by atoms with Crippen LogP contribution in [0.3, 0.4) is 0 Å². The zero-order chi connectivity index (χ0) is 18.6. The highest BCUT2D eigenvalue weighted by Crippen LogP contribution is 2.19. The Kier molecular flexibility index (Phi) is 3.67. The first-order chi connectivity index (χ1) is 12.3. The second-order valence-electron chi connectivity index (χ2n) is 6.89. The summed E-state index contributed by atoms with van der Waals surface area (Å²) in [4.78, 5) is 46.4. The highest BCUT2D eigenvalue weighted by atomic mass is 16.2. The maximum absolute atomic E-state index is 12.9. The van der Waals surface area contributed by atoms with Crippen molar-refractivity contribution < 1.29 is 14.4 Å². The molecule has 3 amide bonds. The summed E-state index contributed by atoms with van der Waals surface area (Å²) in [5.74, 6) is -0.460. The van der Waals surface area contributed by atoms with Gasteiger partial charge in [-0.15, -0.1) is 0 Å². The number of carbonyl (C=O) groups excluding carboxylic acids is 3. The van der Waals surface area contributed by atoms with Gasteiger partial charge in [0.15, 0.2) is 11.3 Å². The average molecular weight is 356 g/mol. The summed E-state index contributed by atoms with van der Waals surface area (Å²) in [6.07, 6.45) is 0. The standard InChI is InChI=1S/C17H20N6O3/c1-10-6-11(2)23-14(18-10)7-12(19-23)16(25)21-4-5-22-13(8-21)17(26)20(3)9-15(22)24/h6-7,13H,4-5,8-9H2,1-3H3/t13-/m0/s1. The Morgan fingerprint density at radius 1 is 1.19 bits per heavy atom. The summed E-state index contributed by atoms with van der Waals surface area (Å²) in [6, 6.07) is 2.95. The number of carbonyl (C=O) groups is 3. The van der Waals surface area contributed by atoms with Crippen molar-refractivity contribution in [1.29, 1.82) is 0 Å². The lowest BCUT2D eigenvalue weighted by Crippen LogP contribution is -2.66. The number of amides is 3. The molecule has 26 heavy (non-hydrogen) atoms. The van der Waals surface area contributed by atoms with Gasteiger partial charge in [0, 0.05) is 37.6 Å². The summed E-state index contributed by atoms with van der Waals surface area (Å²) in [5.41, 5.74) is 2.67. The first-order valence-corrected chi connectivity index (χ1v) is 8.53. The van der Waals surface area contributed by atoms with Crippen LogP contribution in [0.5, 0.6) is 0 Å². The highest BCUT2D eigenvalue weighted by Gasteiger charge is 2.42. The number of hydrogen-bond acceptors (Lipinski definition) is 5. The van der Waals surface area contributed by atoms with Gasteiger partial charge >= 0.3 is 0 Å². The molecule has 4 rings (SSSR count). The van der Waals surface area contributed by atoms with Crippen molar-refractivity contribution in [2.75, 3.05) is 33.2 Å². The van der Waals surface area contributed by atoms with Gasteiger partial charge in [0.1, 0.15) is 6.04 Å². The molecule has 136 valence electrons. The number of fused-ring (bicyclic) bond motifs is 2. The molecule has 9 heteroatoms. The van der Waals surface area contributed by atoms with Crippen LogP contribution in [0.1, 0.15) is 21.9 Å². The summed E-state index contributed by atoms with van der Waals surface area (Å²) < 4.78 is 1.64. The third-order valence-corrected chi connectivity index (χ3v) is 4.97. The lowest BCUT2D eigenvalue weighted by molar-refractivity contribution is -0.157. The van der Waals surface area contributed by atoms with Gasteiger partial charge in [0.2, 0.25) is 11.8 Å². The molecule has 0 N–H and O–H groups in total. The molecule has 2 aliphatic rings. The molecular formula is C17H20N6O3. The molecule has 2 aliphatic heterocycles. The number of hydrogen-bond donors (Lipinski definition) is 0. The molecule has 0 saturated carbocycles. The Hall–Kier alpha value is -2.97. The smallest absolute Gasteiger partial charge is 0.274 e. The molecule has 0 radical (unpaired) electrons. The second-order valence-corrected chi connectivity index (χ2v) is 6.89. The Morgan fingerprint density at radius 3 is 2.73 bits per heavy atom. The number of aryl methyl sites for hydroxylation is 2. The Morgan fingerprint density at radius 2 is 1.96 bits per heavy atom.